The summed E-state index contributed by atoms with van der Waals surface area (Å²) < 4.78 is 6.13. The fourth-order valence-corrected chi connectivity index (χ4v) is 8.44. The number of aryl methyl sites for hydroxylation is 1. The van der Waals surface area contributed by atoms with Gasteiger partial charge in [0, 0.05) is 19.3 Å². The third-order valence-electron chi connectivity index (χ3n) is 11.1. The Balaban J connectivity index is 1.25. The van der Waals surface area contributed by atoms with Crippen molar-refractivity contribution in [3.05, 3.63) is 65.5 Å². The van der Waals surface area contributed by atoms with Crippen molar-refractivity contribution in [2.45, 2.75) is 134 Å². The van der Waals surface area contributed by atoms with Crippen LogP contribution >= 0.6 is 0 Å². The molecule has 5 heteroatoms. The number of hydrogen-bond donors (Lipinski definition) is 3. The van der Waals surface area contributed by atoms with Crippen LogP contribution in [0.5, 0.6) is 0 Å². The molecule has 41 heavy (non-hydrogen) atoms. The highest BCUT2D eigenvalue weighted by Gasteiger charge is 2.54. The molecule has 0 amide bonds. The van der Waals surface area contributed by atoms with E-state index in [-0.39, 0.29) is 10.8 Å². The maximum atomic E-state index is 11.3. The second-order valence-corrected chi connectivity index (χ2v) is 14.4. The maximum Gasteiger partial charge on any atom is 0.203 e. The summed E-state index contributed by atoms with van der Waals surface area (Å²) in [4.78, 5) is 4.59. The van der Waals surface area contributed by atoms with Crippen LogP contribution in [0.3, 0.4) is 0 Å². The zero-order valence-electron chi connectivity index (χ0n) is 25.9. The van der Waals surface area contributed by atoms with E-state index in [9.17, 15) is 15.3 Å². The SMILES string of the molecule is C=C1C(=CC=C2CCC[C@]3(C)[C@@H]([C@H](C)C=CC(O)C4(c5ncc(CCCCC)o5)CC4)CC[C@@H]23)CC(C)(O)CC1O. The molecular formula is C36H53NO4. The molecule has 5 nitrogen and oxygen atoms in total. The van der Waals surface area contributed by atoms with Gasteiger partial charge in [-0.1, -0.05) is 70.1 Å². The van der Waals surface area contributed by atoms with E-state index in [1.54, 1.807) is 6.92 Å². The Hall–Kier alpha value is -1.95. The predicted molar refractivity (Wildman–Crippen MR) is 164 cm³/mol. The molecule has 1 heterocycles. The van der Waals surface area contributed by atoms with Gasteiger partial charge in [-0.3, -0.25) is 0 Å². The van der Waals surface area contributed by atoms with E-state index in [2.05, 4.69) is 50.6 Å². The fourth-order valence-electron chi connectivity index (χ4n) is 8.44. The monoisotopic (exact) mass is 563 g/mol. The molecule has 4 aliphatic rings. The first-order chi connectivity index (χ1) is 19.5. The minimum absolute atomic E-state index is 0.235. The van der Waals surface area contributed by atoms with Crippen molar-refractivity contribution in [3.8, 4) is 0 Å². The molecule has 0 radical (unpaired) electrons. The largest absolute Gasteiger partial charge is 0.445 e. The van der Waals surface area contributed by atoms with E-state index < -0.39 is 17.8 Å². The third-order valence-corrected chi connectivity index (χ3v) is 11.1. The lowest BCUT2D eigenvalue weighted by atomic mass is 9.61. The van der Waals surface area contributed by atoms with Gasteiger partial charge in [-0.2, -0.15) is 0 Å². The molecule has 0 aromatic carbocycles. The van der Waals surface area contributed by atoms with Crippen molar-refractivity contribution in [3.63, 3.8) is 0 Å². The van der Waals surface area contributed by atoms with E-state index >= 15 is 0 Å². The number of unbranched alkanes of at least 4 members (excludes halogenated alkanes) is 2. The molecule has 0 saturated heterocycles. The molecule has 4 saturated carbocycles. The summed E-state index contributed by atoms with van der Waals surface area (Å²) in [5.74, 6) is 3.16. The first-order valence-corrected chi connectivity index (χ1v) is 16.3. The van der Waals surface area contributed by atoms with E-state index in [0.29, 0.717) is 36.5 Å². The highest BCUT2D eigenvalue weighted by molar-refractivity contribution is 5.40. The van der Waals surface area contributed by atoms with E-state index in [1.807, 2.05) is 12.3 Å². The Morgan fingerprint density at radius 3 is 2.66 bits per heavy atom. The number of nitrogens with zero attached hydrogens (tertiary/aromatic N) is 1. The molecule has 7 atom stereocenters. The highest BCUT2D eigenvalue weighted by Crippen LogP contribution is 2.60. The van der Waals surface area contributed by atoms with Crippen molar-refractivity contribution in [2.24, 2.45) is 23.2 Å². The quantitative estimate of drug-likeness (QED) is 0.202. The summed E-state index contributed by atoms with van der Waals surface area (Å²) in [5, 5.41) is 32.3. The number of hydrogen-bond acceptors (Lipinski definition) is 5. The molecule has 5 rings (SSSR count). The smallest absolute Gasteiger partial charge is 0.203 e. The minimum Gasteiger partial charge on any atom is -0.445 e. The summed E-state index contributed by atoms with van der Waals surface area (Å²) in [5.41, 5.74) is 2.23. The number of aliphatic hydroxyl groups excluding tert-OH is 2. The van der Waals surface area contributed by atoms with E-state index in [4.69, 9.17) is 4.42 Å². The molecule has 1 aromatic rings. The predicted octanol–water partition coefficient (Wildman–Crippen LogP) is 7.52. The minimum atomic E-state index is -0.889. The molecule has 3 unspecified atom stereocenters. The number of allylic oxidation sites excluding steroid dienone is 4. The summed E-state index contributed by atoms with van der Waals surface area (Å²) >= 11 is 0. The van der Waals surface area contributed by atoms with Gasteiger partial charge in [0.25, 0.3) is 0 Å². The van der Waals surface area contributed by atoms with Crippen molar-refractivity contribution >= 4 is 0 Å². The van der Waals surface area contributed by atoms with Crippen LogP contribution < -0.4 is 0 Å². The number of aromatic nitrogens is 1. The van der Waals surface area contributed by atoms with E-state index in [1.165, 1.54) is 44.1 Å². The van der Waals surface area contributed by atoms with Crippen LogP contribution in [0.15, 0.2) is 58.2 Å². The molecule has 4 fully saturated rings. The van der Waals surface area contributed by atoms with Gasteiger partial charge in [0.05, 0.1) is 29.4 Å². The molecule has 0 aliphatic heterocycles. The Morgan fingerprint density at radius 2 is 1.93 bits per heavy atom. The van der Waals surface area contributed by atoms with Gasteiger partial charge < -0.3 is 19.7 Å². The normalized spacial score (nSPS) is 36.7. The lowest BCUT2D eigenvalue weighted by Crippen LogP contribution is -2.37. The Morgan fingerprint density at radius 1 is 1.15 bits per heavy atom. The molecule has 0 spiro atoms. The number of rotatable bonds is 10. The Kier molecular flexibility index (Phi) is 8.91. The fraction of sp³-hybridized carbons (Fsp3) is 0.694. The number of oxazole rings is 1. The van der Waals surface area contributed by atoms with Crippen LogP contribution in [0.4, 0.5) is 0 Å². The molecule has 1 aromatic heterocycles. The van der Waals surface area contributed by atoms with Crippen LogP contribution in [0, 0.1) is 23.2 Å². The standard InChI is InChI=1S/C36H53NO4/c1-6-7-8-11-28-23-37-33(41-28)36(19-20-36)32(39)17-12-24(2)29-15-16-30-26(10-9-18-35(29,30)5)13-14-27-21-34(4,40)22-31(38)25(27)3/h12-14,17,23-24,29-32,38-40H,3,6-11,15-16,18-22H2,1-2,4-5H3/t24-,29-,30+,31?,32?,34?,35-/m1/s1. The molecule has 0 bridgehead atoms. The maximum absolute atomic E-state index is 11.3. The average molecular weight is 564 g/mol. The van der Waals surface area contributed by atoms with Crippen molar-refractivity contribution in [1.29, 1.82) is 0 Å². The first-order valence-electron chi connectivity index (χ1n) is 16.3. The Labute approximate surface area is 247 Å². The zero-order chi connectivity index (χ0) is 29.4. The van der Waals surface area contributed by atoms with Crippen LogP contribution in [0.25, 0.3) is 0 Å². The van der Waals surface area contributed by atoms with Crippen LogP contribution in [-0.4, -0.2) is 38.1 Å². The number of fused-ring (bicyclic) bond motifs is 1. The average Bonchev–Trinajstić information content (AvgIpc) is 3.46. The summed E-state index contributed by atoms with van der Waals surface area (Å²) in [6.07, 6.45) is 22.4. The highest BCUT2D eigenvalue weighted by atomic mass is 16.4. The van der Waals surface area contributed by atoms with Gasteiger partial charge in [0.15, 0.2) is 0 Å². The van der Waals surface area contributed by atoms with Gasteiger partial charge in [-0.05, 0) is 92.6 Å². The van der Waals surface area contributed by atoms with E-state index in [0.717, 1.165) is 49.0 Å². The van der Waals surface area contributed by atoms with Crippen molar-refractivity contribution in [1.82, 2.24) is 4.98 Å². The first kappa shape index (κ1) is 30.5. The van der Waals surface area contributed by atoms with Crippen molar-refractivity contribution in [2.75, 3.05) is 0 Å². The molecule has 226 valence electrons. The lowest BCUT2D eigenvalue weighted by molar-refractivity contribution is 0.00361. The van der Waals surface area contributed by atoms with Gasteiger partial charge in [0.2, 0.25) is 5.89 Å². The molecule has 4 aliphatic carbocycles. The summed E-state index contributed by atoms with van der Waals surface area (Å²) in [6, 6.07) is 0. The van der Waals surface area contributed by atoms with Gasteiger partial charge in [0.1, 0.15) is 5.76 Å². The summed E-state index contributed by atoms with van der Waals surface area (Å²) in [7, 11) is 0. The van der Waals surface area contributed by atoms with Crippen LogP contribution in [0.2, 0.25) is 0 Å². The lowest BCUT2D eigenvalue weighted by Gasteiger charge is -2.44. The Bertz CT molecular complexity index is 1180. The molecular weight excluding hydrogens is 510 g/mol. The van der Waals surface area contributed by atoms with Crippen LogP contribution in [0.1, 0.15) is 116 Å². The second kappa shape index (κ2) is 12.0. The van der Waals surface area contributed by atoms with Gasteiger partial charge >= 0.3 is 0 Å². The van der Waals surface area contributed by atoms with Gasteiger partial charge in [-0.25, -0.2) is 4.98 Å². The topological polar surface area (TPSA) is 86.7 Å². The second-order valence-electron chi connectivity index (χ2n) is 14.4. The summed E-state index contributed by atoms with van der Waals surface area (Å²) in [6.45, 7) is 12.9. The zero-order valence-corrected chi connectivity index (χ0v) is 25.9. The van der Waals surface area contributed by atoms with Crippen LogP contribution in [-0.2, 0) is 11.8 Å². The third kappa shape index (κ3) is 6.24. The molecule has 3 N–H and O–H groups in total. The number of aliphatic hydroxyl groups is 3. The van der Waals surface area contributed by atoms with Gasteiger partial charge in [-0.15, -0.1) is 0 Å². The van der Waals surface area contributed by atoms with Crippen molar-refractivity contribution < 1.29 is 19.7 Å².